The Bertz CT molecular complexity index is 494. The van der Waals surface area contributed by atoms with Gasteiger partial charge in [0, 0.05) is 29.2 Å². The van der Waals surface area contributed by atoms with Crippen LogP contribution in [-0.2, 0) is 0 Å². The molecule has 0 N–H and O–H groups in total. The largest absolute Gasteiger partial charge is 0.467 e. The Labute approximate surface area is 94.4 Å². The minimum absolute atomic E-state index is 0.390. The van der Waals surface area contributed by atoms with E-state index in [-0.39, 0.29) is 0 Å². The molecule has 4 nitrogen and oxygen atoms in total. The fourth-order valence-electron chi connectivity index (χ4n) is 1.45. The molecule has 82 valence electrons. The first-order chi connectivity index (χ1) is 7.70. The molecule has 0 amide bonds. The van der Waals surface area contributed by atoms with Crippen molar-refractivity contribution in [2.24, 2.45) is 0 Å². The highest BCUT2D eigenvalue weighted by molar-refractivity contribution is 5.63. The summed E-state index contributed by atoms with van der Waals surface area (Å²) in [6, 6.07) is 4.38. The normalized spacial score (nSPS) is 10.2. The number of ether oxygens (including phenoxy) is 1. The van der Waals surface area contributed by atoms with Gasteiger partial charge in [0.2, 0.25) is 0 Å². The van der Waals surface area contributed by atoms with Crippen LogP contribution in [0.2, 0.25) is 0 Å². The van der Waals surface area contributed by atoms with Gasteiger partial charge in [-0.15, -0.1) is 0 Å². The third-order valence-electron chi connectivity index (χ3n) is 2.36. The van der Waals surface area contributed by atoms with Gasteiger partial charge in [-0.05, 0) is 19.9 Å². The number of hydrogen-bond donors (Lipinski definition) is 0. The maximum absolute atomic E-state index is 4.97. The van der Waals surface area contributed by atoms with Crippen LogP contribution < -0.4 is 4.74 Å². The van der Waals surface area contributed by atoms with Gasteiger partial charge in [0.05, 0.1) is 12.8 Å². The molecule has 2 rings (SSSR count). The Balaban J connectivity index is 2.44. The fraction of sp³-hybridized carbons (Fsp3) is 0.250. The van der Waals surface area contributed by atoms with Gasteiger partial charge in [-0.3, -0.25) is 4.98 Å². The molecule has 0 atom stereocenters. The predicted molar refractivity (Wildman–Crippen MR) is 61.3 cm³/mol. The van der Waals surface area contributed by atoms with Crippen molar-refractivity contribution in [1.82, 2.24) is 15.0 Å². The van der Waals surface area contributed by atoms with Crippen molar-refractivity contribution < 1.29 is 4.74 Å². The van der Waals surface area contributed by atoms with Crippen LogP contribution in [0.5, 0.6) is 6.01 Å². The molecule has 2 heterocycles. The summed E-state index contributed by atoms with van der Waals surface area (Å²) >= 11 is 0. The van der Waals surface area contributed by atoms with Gasteiger partial charge in [0.25, 0.3) is 0 Å². The van der Waals surface area contributed by atoms with Gasteiger partial charge in [-0.1, -0.05) is 6.07 Å². The Morgan fingerprint density at radius 2 is 1.88 bits per heavy atom. The summed E-state index contributed by atoms with van der Waals surface area (Å²) in [6.45, 7) is 3.89. The highest BCUT2D eigenvalue weighted by atomic mass is 16.5. The molecule has 0 saturated carbocycles. The van der Waals surface area contributed by atoms with Gasteiger partial charge in [-0.25, -0.2) is 4.98 Å². The minimum atomic E-state index is 0.390. The van der Waals surface area contributed by atoms with Crippen molar-refractivity contribution in [1.29, 1.82) is 0 Å². The van der Waals surface area contributed by atoms with E-state index in [0.29, 0.717) is 6.01 Å². The smallest absolute Gasteiger partial charge is 0.316 e. The van der Waals surface area contributed by atoms with E-state index in [2.05, 4.69) is 15.0 Å². The van der Waals surface area contributed by atoms with E-state index in [1.165, 1.54) is 0 Å². The summed E-state index contributed by atoms with van der Waals surface area (Å²) in [5.74, 6) is 0. The first-order valence-electron chi connectivity index (χ1n) is 5.01. The molecule has 0 saturated heterocycles. The lowest BCUT2D eigenvalue weighted by Gasteiger charge is -2.06. The second kappa shape index (κ2) is 4.26. The van der Waals surface area contributed by atoms with Crippen molar-refractivity contribution in [2.75, 3.05) is 7.11 Å². The number of rotatable bonds is 2. The lowest BCUT2D eigenvalue weighted by atomic mass is 10.1. The molecule has 0 aliphatic carbocycles. The zero-order valence-electron chi connectivity index (χ0n) is 9.56. The van der Waals surface area contributed by atoms with Crippen molar-refractivity contribution in [3.8, 4) is 17.1 Å². The highest BCUT2D eigenvalue weighted by Gasteiger charge is 2.05. The van der Waals surface area contributed by atoms with Crippen LogP contribution in [-0.4, -0.2) is 22.1 Å². The average molecular weight is 215 g/mol. The Kier molecular flexibility index (Phi) is 2.81. The molecule has 0 spiro atoms. The fourth-order valence-corrected chi connectivity index (χ4v) is 1.45. The molecule has 0 aliphatic heterocycles. The molecule has 16 heavy (non-hydrogen) atoms. The number of nitrogens with zero attached hydrogens (tertiary/aromatic N) is 3. The summed E-state index contributed by atoms with van der Waals surface area (Å²) in [6.07, 6.45) is 3.58. The highest BCUT2D eigenvalue weighted by Crippen LogP contribution is 2.21. The topological polar surface area (TPSA) is 47.9 Å². The SMILES string of the molecule is COc1ncc(-c2ccc(C)nc2)c(C)n1. The lowest BCUT2D eigenvalue weighted by Crippen LogP contribution is -1.96. The monoisotopic (exact) mass is 215 g/mol. The molecule has 2 aromatic rings. The van der Waals surface area contributed by atoms with Crippen LogP contribution in [0.3, 0.4) is 0 Å². The first-order valence-corrected chi connectivity index (χ1v) is 5.01. The zero-order valence-corrected chi connectivity index (χ0v) is 9.56. The van der Waals surface area contributed by atoms with Crippen LogP contribution in [0.1, 0.15) is 11.4 Å². The summed E-state index contributed by atoms with van der Waals surface area (Å²) < 4.78 is 4.97. The van der Waals surface area contributed by atoms with E-state index in [0.717, 1.165) is 22.5 Å². The summed E-state index contributed by atoms with van der Waals surface area (Å²) in [5, 5.41) is 0. The number of methoxy groups -OCH3 is 1. The quantitative estimate of drug-likeness (QED) is 0.770. The van der Waals surface area contributed by atoms with E-state index in [1.807, 2.05) is 32.2 Å². The van der Waals surface area contributed by atoms with Crippen LogP contribution in [0, 0.1) is 13.8 Å². The molecule has 0 aliphatic rings. The van der Waals surface area contributed by atoms with Crippen molar-refractivity contribution in [2.45, 2.75) is 13.8 Å². The van der Waals surface area contributed by atoms with Gasteiger partial charge in [0.1, 0.15) is 0 Å². The molecule has 2 aromatic heterocycles. The second-order valence-electron chi connectivity index (χ2n) is 3.54. The van der Waals surface area contributed by atoms with E-state index >= 15 is 0 Å². The van der Waals surface area contributed by atoms with Crippen molar-refractivity contribution >= 4 is 0 Å². The second-order valence-corrected chi connectivity index (χ2v) is 3.54. The summed E-state index contributed by atoms with van der Waals surface area (Å²) in [4.78, 5) is 12.6. The van der Waals surface area contributed by atoms with Gasteiger partial charge in [-0.2, -0.15) is 4.98 Å². The molecule has 0 aromatic carbocycles. The maximum atomic E-state index is 4.97. The van der Waals surface area contributed by atoms with E-state index in [9.17, 15) is 0 Å². The van der Waals surface area contributed by atoms with Crippen molar-refractivity contribution in [3.05, 3.63) is 35.9 Å². The number of hydrogen-bond acceptors (Lipinski definition) is 4. The number of aromatic nitrogens is 3. The zero-order chi connectivity index (χ0) is 11.5. The van der Waals surface area contributed by atoms with E-state index in [4.69, 9.17) is 4.74 Å². The molecule has 0 unspecified atom stereocenters. The minimum Gasteiger partial charge on any atom is -0.467 e. The third kappa shape index (κ3) is 2.00. The van der Waals surface area contributed by atoms with Gasteiger partial charge in [0.15, 0.2) is 0 Å². The summed E-state index contributed by atoms with van der Waals surface area (Å²) in [5.41, 5.74) is 3.88. The standard InChI is InChI=1S/C12H13N3O/c1-8-4-5-10(6-13-8)11-7-14-12(16-3)15-9(11)2/h4-7H,1-3H3. The van der Waals surface area contributed by atoms with Gasteiger partial charge < -0.3 is 4.74 Å². The number of aryl methyl sites for hydroxylation is 2. The summed E-state index contributed by atoms with van der Waals surface area (Å²) in [7, 11) is 1.56. The molecular weight excluding hydrogens is 202 g/mol. The van der Waals surface area contributed by atoms with E-state index in [1.54, 1.807) is 13.3 Å². The molecule has 4 heteroatoms. The van der Waals surface area contributed by atoms with Crippen LogP contribution >= 0.6 is 0 Å². The average Bonchev–Trinajstić information content (AvgIpc) is 2.30. The molecule has 0 fully saturated rings. The Morgan fingerprint density at radius 1 is 1.06 bits per heavy atom. The van der Waals surface area contributed by atoms with Gasteiger partial charge >= 0.3 is 6.01 Å². The van der Waals surface area contributed by atoms with Crippen LogP contribution in [0.15, 0.2) is 24.5 Å². The Hall–Kier alpha value is -1.97. The molecule has 0 radical (unpaired) electrons. The molecule has 0 bridgehead atoms. The van der Waals surface area contributed by atoms with E-state index < -0.39 is 0 Å². The first kappa shape index (κ1) is 10.5. The van der Waals surface area contributed by atoms with Crippen molar-refractivity contribution in [3.63, 3.8) is 0 Å². The molecular formula is C12H13N3O. The maximum Gasteiger partial charge on any atom is 0.316 e. The Morgan fingerprint density at radius 3 is 2.44 bits per heavy atom. The predicted octanol–water partition coefficient (Wildman–Crippen LogP) is 2.16. The third-order valence-corrected chi connectivity index (χ3v) is 2.36. The lowest BCUT2D eigenvalue weighted by molar-refractivity contribution is 0.379. The number of pyridine rings is 1. The van der Waals surface area contributed by atoms with Crippen LogP contribution in [0.4, 0.5) is 0 Å². The van der Waals surface area contributed by atoms with Crippen LogP contribution in [0.25, 0.3) is 11.1 Å².